The number of Topliss-reactive ketones (excluding diaryl/α,β-unsaturated/α-hetero) is 1. The molecule has 32 nitrogen and oxygen atoms in total. The summed E-state index contributed by atoms with van der Waals surface area (Å²) in [7, 11) is 0. The van der Waals surface area contributed by atoms with Crippen molar-refractivity contribution in [2.75, 3.05) is 31.1 Å². The minimum Gasteiger partial charge on any atom is -0.481 e. The largest absolute Gasteiger partial charge is 0.481 e. The summed E-state index contributed by atoms with van der Waals surface area (Å²) in [6.07, 6.45) is 32.3. The summed E-state index contributed by atoms with van der Waals surface area (Å²) in [4.78, 5) is 123. The van der Waals surface area contributed by atoms with Crippen LogP contribution in [-0.4, -0.2) is 167 Å². The SMILES string of the molecule is C.CC1(C)C2CC[C@@]13CCN(CC(=O)[C@H]1CCC[C@H](C(=O)N4CC[C@@]56CCC(C[C@H]45)C6(C)C)C1)[C@H]3C2.NNC(N)=S.NNC(N)=S.Nc1nnc([C@H]2CCC[C@H](c3nnc(N)s3)C2)s1.O=C(OCc1ccccc1)[C@H]1CCC[C@H](Cc2ccccc2)C1.O=C=O.O=COC1CCCC(C(=O)O)C1.O=CO[C@H]1CCC[C@H](C(=O)O)C1.O=CO[C@H]1CCC[C@H](C(=O)O)C1. The van der Waals surface area contributed by atoms with Gasteiger partial charge in [0.05, 0.1) is 30.2 Å². The molecule has 4 bridgehead atoms. The molecule has 4 aromatic rings. The van der Waals surface area contributed by atoms with Crippen molar-refractivity contribution in [3.63, 3.8) is 0 Å². The number of benzene rings is 2. The van der Waals surface area contributed by atoms with E-state index in [0.717, 1.165) is 150 Å². The Labute approximate surface area is 759 Å². The zero-order chi connectivity index (χ0) is 91.0. The molecule has 4 unspecified atom stereocenters. The lowest BCUT2D eigenvalue weighted by molar-refractivity contribution is -0.192. The fourth-order valence-corrected chi connectivity index (χ4v) is 24.1. The first-order valence-corrected chi connectivity index (χ1v) is 46.7. The van der Waals surface area contributed by atoms with Crippen LogP contribution in [-0.2, 0) is 84.7 Å². The predicted molar refractivity (Wildman–Crippen MR) is 484 cm³/mol. The number of hydrazine groups is 2. The van der Waals surface area contributed by atoms with Crippen LogP contribution in [0.25, 0.3) is 0 Å². The number of esters is 1. The number of aliphatic carboxylic acids is 3. The summed E-state index contributed by atoms with van der Waals surface area (Å²) in [5, 5.41) is 45.6. The van der Waals surface area contributed by atoms with Crippen molar-refractivity contribution in [2.24, 2.45) is 98.1 Å². The average molecular weight is 1830 g/mol. The van der Waals surface area contributed by atoms with Crippen LogP contribution in [0.15, 0.2) is 60.7 Å². The van der Waals surface area contributed by atoms with Crippen molar-refractivity contribution in [3.05, 3.63) is 81.8 Å². The number of likely N-dealkylation sites (tertiary alicyclic amines) is 2. The monoisotopic (exact) mass is 1830 g/mol. The van der Waals surface area contributed by atoms with E-state index in [2.05, 4.69) is 118 Å². The van der Waals surface area contributed by atoms with E-state index in [1.165, 1.54) is 92.4 Å². The Morgan fingerprint density at radius 2 is 0.905 bits per heavy atom. The lowest BCUT2D eigenvalue weighted by Gasteiger charge is -2.40. The molecule has 2 saturated heterocycles. The van der Waals surface area contributed by atoms with Gasteiger partial charge in [0.1, 0.15) is 40.7 Å². The number of carbonyl (C=O) groups is 9. The second-order valence-electron chi connectivity index (χ2n) is 36.6. The Balaban J connectivity index is 0.000000211. The third-order valence-electron chi connectivity index (χ3n) is 29.3. The smallest absolute Gasteiger partial charge is 0.373 e. The second kappa shape index (κ2) is 50.8. The molecule has 12 aliphatic rings. The molecule has 1 amide bonds. The van der Waals surface area contributed by atoms with Gasteiger partial charge in [-0.25, -0.2) is 11.7 Å². The lowest BCUT2D eigenvalue weighted by atomic mass is 9.67. The average Bonchev–Trinajstić information content (AvgIpc) is 1.53. The third-order valence-corrected chi connectivity index (χ3v) is 31.4. The molecule has 10 saturated carbocycles. The molecule has 10 aliphatic carbocycles. The van der Waals surface area contributed by atoms with E-state index in [-0.39, 0.29) is 83.6 Å². The highest BCUT2D eigenvalue weighted by Gasteiger charge is 2.69. The number of nitrogens with one attached hydrogen (secondary N) is 2. The molecule has 126 heavy (non-hydrogen) atoms. The number of ether oxygens (including phenoxy) is 4. The highest BCUT2D eigenvalue weighted by Crippen LogP contribution is 2.72. The van der Waals surface area contributed by atoms with E-state index >= 15 is 0 Å². The summed E-state index contributed by atoms with van der Waals surface area (Å²) in [6.45, 7) is 14.3. The quantitative estimate of drug-likeness (QED) is 0.00977. The minimum absolute atomic E-state index is 0. The Morgan fingerprint density at radius 1 is 0.508 bits per heavy atom. The van der Waals surface area contributed by atoms with Gasteiger partial charge in [0.25, 0.3) is 19.4 Å². The summed E-state index contributed by atoms with van der Waals surface area (Å²) in [5.74, 6) is 10.2. The first-order valence-electron chi connectivity index (χ1n) is 44.3. The third kappa shape index (κ3) is 28.6. The van der Waals surface area contributed by atoms with E-state index in [9.17, 15) is 43.2 Å². The maximum absolute atomic E-state index is 13.9. The number of thiocarbonyl (C=S) groups is 2. The van der Waals surface area contributed by atoms with Gasteiger partial charge in [-0.15, -0.1) is 20.4 Å². The molecule has 2 aromatic carbocycles. The number of anilines is 2. The molecule has 4 heterocycles. The summed E-state index contributed by atoms with van der Waals surface area (Å²) in [6, 6.07) is 21.6. The van der Waals surface area contributed by atoms with Crippen molar-refractivity contribution in [1.82, 2.24) is 41.0 Å². The van der Waals surface area contributed by atoms with Gasteiger partial charge in [-0.05, 0) is 268 Å². The van der Waals surface area contributed by atoms with E-state index in [0.29, 0.717) is 145 Å². The van der Waals surface area contributed by atoms with Crippen molar-refractivity contribution in [3.8, 4) is 0 Å². The van der Waals surface area contributed by atoms with Gasteiger partial charge in [-0.1, -0.05) is 144 Å². The molecular formula is C90H136N14O18S4. The van der Waals surface area contributed by atoms with Gasteiger partial charge >= 0.3 is 30.0 Å². The highest BCUT2D eigenvalue weighted by atomic mass is 32.1. The van der Waals surface area contributed by atoms with Crippen LogP contribution in [0.1, 0.15) is 274 Å². The van der Waals surface area contributed by atoms with Crippen LogP contribution in [0, 0.1) is 74.9 Å². The number of hydrogen-bond donors (Lipinski definition) is 11. The van der Waals surface area contributed by atoms with Gasteiger partial charge in [0.2, 0.25) is 16.2 Å². The Morgan fingerprint density at radius 3 is 1.33 bits per heavy atom. The standard InChI is InChI=1S/C31H48N2O2.C21H24O2.C10H14N6S2.3C8H12O4.2CH5N3S.CO2.CH4/c1-28(2)22-8-10-30(28)12-14-32(25(30)17-22)19-24(34)20-6-5-7-21(16-20)27(35)33-15-13-31-11-9-23(18-26(31)33)29(31,3)4;22-21(23-16-18-10-5-2-6-11-18)20-13-7-12-19(15-20)14-17-8-3-1-4-9-17;11-9-15-13-7(17-9)5-2-1-3-6(4-5)8-14-16-10(12)18-8;3*9-5-12-7-3-1-2-6(4-7)8(10)11;2*2-1(5)4-3;2-1-3;/h20-23,25-26H,5-19H2,1-4H3;1-6,8-11,19-20H,7,12-16H2;5-6H,1-4H2,(H2,11,15)(H2,12,16);3*5-7H,1-4H2,(H,10,11);2*3H2,(H3,2,4,5);;1H4/t20-,21-,22?,23?,25-,26-,30-,31-;19-,20+;5-,6-;2*6-,7-;;;;;/m01000...../s1. The van der Waals surface area contributed by atoms with E-state index in [1.54, 1.807) is 0 Å². The van der Waals surface area contributed by atoms with Gasteiger partial charge in [0.15, 0.2) is 10.2 Å². The van der Waals surface area contributed by atoms with Crippen molar-refractivity contribution >= 4 is 129 Å². The molecule has 2 aromatic heterocycles. The van der Waals surface area contributed by atoms with Crippen molar-refractivity contribution < 1.29 is 87.0 Å². The first kappa shape index (κ1) is 104. The molecule has 16 rings (SSSR count). The topological polar surface area (TPSA) is 524 Å². The van der Waals surface area contributed by atoms with Gasteiger partial charge in [-0.2, -0.15) is 9.59 Å². The number of carbonyl (C=O) groups excluding carboxylic acids is 8. The number of hydrogen-bond acceptors (Lipinski definition) is 28. The number of ketones is 1. The molecule has 698 valence electrons. The second-order valence-corrected chi connectivity index (χ2v) is 39.5. The predicted octanol–water partition coefficient (Wildman–Crippen LogP) is 12.3. The maximum Gasteiger partial charge on any atom is 0.373 e. The number of aromatic nitrogens is 4. The molecule has 36 heteroatoms. The maximum atomic E-state index is 13.9. The van der Waals surface area contributed by atoms with Crippen LogP contribution in [0.2, 0.25) is 0 Å². The van der Waals surface area contributed by atoms with Crippen molar-refractivity contribution in [2.45, 2.75) is 296 Å². The molecule has 18 atom stereocenters. The molecule has 17 N–H and O–H groups in total. The Kier molecular flexibility index (Phi) is 42.1. The number of carboxylic acid groups (broad SMARTS) is 3. The zero-order valence-corrected chi connectivity index (χ0v) is 75.9. The number of amides is 1. The summed E-state index contributed by atoms with van der Waals surface area (Å²) in [5.41, 5.74) is 29.0. The van der Waals surface area contributed by atoms with E-state index in [4.69, 9.17) is 66.8 Å². The molecule has 2 aliphatic heterocycles. The molecule has 0 radical (unpaired) electrons. The van der Waals surface area contributed by atoms with Gasteiger partial charge in [-0.3, -0.25) is 48.1 Å². The number of nitrogens with two attached hydrogens (primary N) is 6. The number of nitrogens with zero attached hydrogens (tertiary/aromatic N) is 6. The molecule has 12 fully saturated rings. The van der Waals surface area contributed by atoms with Crippen molar-refractivity contribution in [1.29, 1.82) is 0 Å². The molecule has 2 spiro atoms. The van der Waals surface area contributed by atoms with Gasteiger partial charge in [0, 0.05) is 42.3 Å². The summed E-state index contributed by atoms with van der Waals surface area (Å²) >= 11 is 11.5. The molecular weight excluding hydrogens is 1690 g/mol. The number of fused-ring (bicyclic) bond motifs is 2. The van der Waals surface area contributed by atoms with Crippen LogP contribution in [0.5, 0.6) is 0 Å². The van der Waals surface area contributed by atoms with Crippen LogP contribution in [0.4, 0.5) is 10.3 Å². The number of carboxylic acids is 3. The Hall–Kier alpha value is -8.77. The minimum atomic E-state index is -0.783. The van der Waals surface area contributed by atoms with Crippen LogP contribution >= 0.6 is 47.1 Å². The first-order chi connectivity index (χ1) is 59.8. The number of nitrogen functional groups attached to an aromatic ring is 2. The zero-order valence-electron chi connectivity index (χ0n) is 72.7. The van der Waals surface area contributed by atoms with Gasteiger partial charge < -0.3 is 73.0 Å². The lowest BCUT2D eigenvalue weighted by Crippen LogP contribution is -2.47. The number of rotatable bonds is 20. The normalized spacial score (nSPS) is 29.8. The fourth-order valence-electron chi connectivity index (χ4n) is 22.6. The van der Waals surface area contributed by atoms with Crippen LogP contribution in [0.3, 0.4) is 0 Å². The van der Waals surface area contributed by atoms with Crippen LogP contribution < -0.4 is 45.5 Å². The Bertz CT molecular complexity index is 4030. The summed E-state index contributed by atoms with van der Waals surface area (Å²) < 4.78 is 19.7. The van der Waals surface area contributed by atoms with E-state index in [1.807, 2.05) is 47.2 Å². The fraction of sp³-hybridized carbons (Fsp3) is 0.689. The van der Waals surface area contributed by atoms with E-state index < -0.39 is 17.9 Å². The highest BCUT2D eigenvalue weighted by molar-refractivity contribution is 7.80.